The third-order valence-electron chi connectivity index (χ3n) is 6.04. The van der Waals surface area contributed by atoms with Gasteiger partial charge in [0.2, 0.25) is 0 Å². The van der Waals surface area contributed by atoms with Crippen molar-refractivity contribution < 1.29 is 17.6 Å². The Morgan fingerprint density at radius 2 is 2.03 bits per heavy atom. The summed E-state index contributed by atoms with van der Waals surface area (Å²) in [4.78, 5) is 20.1. The van der Waals surface area contributed by atoms with Gasteiger partial charge in [-0.1, -0.05) is 0 Å². The van der Waals surface area contributed by atoms with Crippen LogP contribution in [0.3, 0.4) is 0 Å². The SMILES string of the molecule is Cc1nn(C2CCS(=O)(=O)C2)c2nc(-c3ccco3)cc(C(=O)N3CCCCC3)c12. The number of nitrogens with zero attached hydrogens (tertiary/aromatic N) is 4. The molecule has 0 aliphatic carbocycles. The van der Waals surface area contributed by atoms with E-state index in [1.807, 2.05) is 11.8 Å². The lowest BCUT2D eigenvalue weighted by Crippen LogP contribution is -2.35. The zero-order valence-electron chi connectivity index (χ0n) is 16.9. The van der Waals surface area contributed by atoms with E-state index in [0.29, 0.717) is 40.2 Å². The van der Waals surface area contributed by atoms with Crippen molar-refractivity contribution in [1.82, 2.24) is 19.7 Å². The van der Waals surface area contributed by atoms with Gasteiger partial charge in [-0.2, -0.15) is 5.10 Å². The molecule has 0 saturated carbocycles. The van der Waals surface area contributed by atoms with E-state index in [2.05, 4.69) is 5.10 Å². The molecule has 0 radical (unpaired) electrons. The van der Waals surface area contributed by atoms with Crippen LogP contribution >= 0.6 is 0 Å². The maximum Gasteiger partial charge on any atom is 0.254 e. The minimum Gasteiger partial charge on any atom is -0.463 e. The van der Waals surface area contributed by atoms with Crippen LogP contribution in [-0.4, -0.2) is 58.6 Å². The third kappa shape index (κ3) is 3.30. The average molecular weight is 429 g/mol. The van der Waals surface area contributed by atoms with Gasteiger partial charge in [0, 0.05) is 13.1 Å². The Kier molecular flexibility index (Phi) is 4.65. The van der Waals surface area contributed by atoms with Gasteiger partial charge in [-0.15, -0.1) is 0 Å². The number of pyridine rings is 1. The zero-order valence-corrected chi connectivity index (χ0v) is 17.7. The van der Waals surface area contributed by atoms with Crippen LogP contribution in [0.25, 0.3) is 22.5 Å². The van der Waals surface area contributed by atoms with Crippen molar-refractivity contribution in [3.05, 3.63) is 35.7 Å². The van der Waals surface area contributed by atoms with Crippen molar-refractivity contribution in [1.29, 1.82) is 0 Å². The van der Waals surface area contributed by atoms with E-state index < -0.39 is 9.84 Å². The van der Waals surface area contributed by atoms with Gasteiger partial charge in [-0.3, -0.25) is 4.79 Å². The van der Waals surface area contributed by atoms with Gasteiger partial charge in [-0.25, -0.2) is 18.1 Å². The Bertz CT molecular complexity index is 1210. The van der Waals surface area contributed by atoms with Gasteiger partial charge in [0.1, 0.15) is 5.69 Å². The van der Waals surface area contributed by atoms with Crippen LogP contribution in [0.1, 0.15) is 47.8 Å². The molecule has 8 nitrogen and oxygen atoms in total. The Morgan fingerprint density at radius 3 is 2.70 bits per heavy atom. The summed E-state index contributed by atoms with van der Waals surface area (Å²) in [5.41, 5.74) is 2.34. The molecule has 1 atom stereocenters. The molecule has 3 aromatic heterocycles. The second kappa shape index (κ2) is 7.23. The molecule has 5 heterocycles. The molecule has 0 bridgehead atoms. The Hall–Kier alpha value is -2.68. The molecule has 30 heavy (non-hydrogen) atoms. The molecular weight excluding hydrogens is 404 g/mol. The van der Waals surface area contributed by atoms with Crippen LogP contribution in [0.2, 0.25) is 0 Å². The van der Waals surface area contributed by atoms with Crippen molar-refractivity contribution in [2.45, 2.75) is 38.6 Å². The summed E-state index contributed by atoms with van der Waals surface area (Å²) in [5.74, 6) is 0.728. The molecule has 1 unspecified atom stereocenters. The number of aryl methyl sites for hydroxylation is 1. The van der Waals surface area contributed by atoms with E-state index in [1.54, 1.807) is 29.1 Å². The number of carbonyl (C=O) groups excluding carboxylic acids is 1. The van der Waals surface area contributed by atoms with Gasteiger partial charge >= 0.3 is 0 Å². The van der Waals surface area contributed by atoms with Crippen LogP contribution in [0.5, 0.6) is 0 Å². The molecule has 158 valence electrons. The standard InChI is InChI=1S/C21H24N4O4S/c1-14-19-16(21(26)24-8-3-2-4-9-24)12-17(18-6-5-10-29-18)22-20(19)25(23-14)15-7-11-30(27,28)13-15/h5-6,10,12,15H,2-4,7-9,11,13H2,1H3. The summed E-state index contributed by atoms with van der Waals surface area (Å²) in [6.45, 7) is 3.34. The predicted molar refractivity (Wildman–Crippen MR) is 112 cm³/mol. The molecule has 9 heteroatoms. The van der Waals surface area contributed by atoms with E-state index >= 15 is 0 Å². The highest BCUT2D eigenvalue weighted by Gasteiger charge is 2.33. The smallest absolute Gasteiger partial charge is 0.254 e. The molecule has 2 aliphatic heterocycles. The molecule has 0 aromatic carbocycles. The number of piperidine rings is 1. The summed E-state index contributed by atoms with van der Waals surface area (Å²) in [7, 11) is -3.08. The number of amides is 1. The first kappa shape index (κ1) is 19.3. The number of rotatable bonds is 3. The molecule has 0 N–H and O–H groups in total. The fourth-order valence-corrected chi connectivity index (χ4v) is 6.21. The van der Waals surface area contributed by atoms with Crippen molar-refractivity contribution in [3.8, 4) is 11.5 Å². The molecule has 2 aliphatic rings. The fourth-order valence-electron chi connectivity index (χ4n) is 4.52. The van der Waals surface area contributed by atoms with Crippen LogP contribution < -0.4 is 0 Å². The monoisotopic (exact) mass is 428 g/mol. The summed E-state index contributed by atoms with van der Waals surface area (Å²) >= 11 is 0. The van der Waals surface area contributed by atoms with Crippen molar-refractivity contribution >= 4 is 26.8 Å². The minimum absolute atomic E-state index is 0.0309. The van der Waals surface area contributed by atoms with Crippen molar-refractivity contribution in [3.63, 3.8) is 0 Å². The number of furan rings is 1. The first-order valence-electron chi connectivity index (χ1n) is 10.4. The number of fused-ring (bicyclic) bond motifs is 1. The van der Waals surface area contributed by atoms with Gasteiger partial charge in [0.25, 0.3) is 5.91 Å². The Morgan fingerprint density at radius 1 is 1.23 bits per heavy atom. The van der Waals surface area contributed by atoms with Crippen LogP contribution in [0.4, 0.5) is 0 Å². The first-order valence-corrected chi connectivity index (χ1v) is 12.2. The molecule has 2 saturated heterocycles. The number of carbonyl (C=O) groups is 1. The summed E-state index contributed by atoms with van der Waals surface area (Å²) in [5, 5.41) is 5.34. The van der Waals surface area contributed by atoms with E-state index in [-0.39, 0.29) is 23.5 Å². The van der Waals surface area contributed by atoms with Crippen molar-refractivity contribution in [2.75, 3.05) is 24.6 Å². The maximum absolute atomic E-state index is 13.5. The lowest BCUT2D eigenvalue weighted by Gasteiger charge is -2.27. The molecule has 3 aromatic rings. The predicted octanol–water partition coefficient (Wildman–Crippen LogP) is 2.99. The third-order valence-corrected chi connectivity index (χ3v) is 7.79. The Labute approximate surface area is 174 Å². The number of likely N-dealkylation sites (tertiary alicyclic amines) is 1. The highest BCUT2D eigenvalue weighted by molar-refractivity contribution is 7.91. The summed E-state index contributed by atoms with van der Waals surface area (Å²) < 4.78 is 31.4. The summed E-state index contributed by atoms with van der Waals surface area (Å²) in [6.07, 6.45) is 5.21. The minimum atomic E-state index is -3.08. The topological polar surface area (TPSA) is 98.3 Å². The number of hydrogen-bond acceptors (Lipinski definition) is 6. The molecule has 1 amide bonds. The number of sulfone groups is 1. The lowest BCUT2D eigenvalue weighted by atomic mass is 10.0. The quantitative estimate of drug-likeness (QED) is 0.636. The fraction of sp³-hybridized carbons (Fsp3) is 0.476. The molecule has 2 fully saturated rings. The van der Waals surface area contributed by atoms with Gasteiger partial charge in [0.15, 0.2) is 21.2 Å². The lowest BCUT2D eigenvalue weighted by molar-refractivity contribution is 0.0726. The van der Waals surface area contributed by atoms with E-state index in [9.17, 15) is 13.2 Å². The first-order chi connectivity index (χ1) is 14.4. The average Bonchev–Trinajstić information content (AvgIpc) is 3.47. The van der Waals surface area contributed by atoms with Gasteiger partial charge in [0.05, 0.1) is 40.5 Å². The maximum atomic E-state index is 13.5. The number of aromatic nitrogens is 3. The van der Waals surface area contributed by atoms with Gasteiger partial charge < -0.3 is 9.32 Å². The van der Waals surface area contributed by atoms with E-state index in [4.69, 9.17) is 9.40 Å². The van der Waals surface area contributed by atoms with E-state index in [0.717, 1.165) is 32.4 Å². The Balaban J connectivity index is 1.69. The summed E-state index contributed by atoms with van der Waals surface area (Å²) in [6, 6.07) is 5.09. The normalized spacial score (nSPS) is 21.4. The molecule has 0 spiro atoms. The highest BCUT2D eigenvalue weighted by Crippen LogP contribution is 2.33. The zero-order chi connectivity index (χ0) is 20.9. The largest absolute Gasteiger partial charge is 0.463 e. The molecular formula is C21H24N4O4S. The van der Waals surface area contributed by atoms with Crippen molar-refractivity contribution in [2.24, 2.45) is 0 Å². The second-order valence-electron chi connectivity index (χ2n) is 8.17. The van der Waals surface area contributed by atoms with Crippen LogP contribution in [0, 0.1) is 6.92 Å². The van der Waals surface area contributed by atoms with Gasteiger partial charge in [-0.05, 0) is 50.8 Å². The van der Waals surface area contributed by atoms with Crippen LogP contribution in [-0.2, 0) is 9.84 Å². The highest BCUT2D eigenvalue weighted by atomic mass is 32.2. The number of hydrogen-bond donors (Lipinski definition) is 0. The van der Waals surface area contributed by atoms with Crippen LogP contribution in [0.15, 0.2) is 28.9 Å². The van der Waals surface area contributed by atoms with E-state index in [1.165, 1.54) is 0 Å². The molecule has 5 rings (SSSR count). The second-order valence-corrected chi connectivity index (χ2v) is 10.4.